The highest BCUT2D eigenvalue weighted by Gasteiger charge is 2.16. The highest BCUT2D eigenvalue weighted by Crippen LogP contribution is 2.12. The van der Waals surface area contributed by atoms with Crippen LogP contribution in [-0.2, 0) is 16.4 Å². The van der Waals surface area contributed by atoms with Gasteiger partial charge in [0, 0.05) is 6.04 Å². The van der Waals surface area contributed by atoms with Gasteiger partial charge in [0.25, 0.3) is 0 Å². The van der Waals surface area contributed by atoms with Crippen LogP contribution < -0.4 is 4.72 Å². The first-order valence-corrected chi connectivity index (χ1v) is 7.07. The van der Waals surface area contributed by atoms with Crippen LogP contribution in [0.25, 0.3) is 0 Å². The van der Waals surface area contributed by atoms with Crippen molar-refractivity contribution in [2.45, 2.75) is 30.7 Å². The van der Waals surface area contributed by atoms with Gasteiger partial charge >= 0.3 is 0 Å². The maximum Gasteiger partial charge on any atom is 0.240 e. The summed E-state index contributed by atoms with van der Waals surface area (Å²) in [6, 6.07) is 8.14. The minimum absolute atomic E-state index is 0.189. The number of nitrogens with one attached hydrogen (secondary N) is 1. The lowest BCUT2D eigenvalue weighted by molar-refractivity contribution is 0.562. The van der Waals surface area contributed by atoms with Gasteiger partial charge < -0.3 is 0 Å². The Balaban J connectivity index is 2.85. The summed E-state index contributed by atoms with van der Waals surface area (Å²) in [4.78, 5) is 0.208. The van der Waals surface area contributed by atoms with Crippen molar-refractivity contribution in [2.24, 2.45) is 0 Å². The lowest BCUT2D eigenvalue weighted by Crippen LogP contribution is -2.32. The fraction of sp³-hybridized carbons (Fsp3) is 0.308. The molecule has 0 radical (unpaired) electrons. The van der Waals surface area contributed by atoms with Crippen LogP contribution in [0.4, 0.5) is 0 Å². The minimum atomic E-state index is -3.49. The number of nitrogens with zero attached hydrogens (tertiary/aromatic N) is 1. The van der Waals surface area contributed by atoms with E-state index in [4.69, 9.17) is 5.26 Å². The number of nitriles is 1. The van der Waals surface area contributed by atoms with Crippen LogP contribution in [0.5, 0.6) is 0 Å². The topological polar surface area (TPSA) is 70.0 Å². The van der Waals surface area contributed by atoms with Crippen molar-refractivity contribution in [3.8, 4) is 6.07 Å². The highest BCUT2D eigenvalue weighted by atomic mass is 32.2. The fourth-order valence-electron chi connectivity index (χ4n) is 1.51. The molecule has 4 nitrogen and oxygen atoms in total. The molecule has 0 amide bonds. The maximum atomic E-state index is 12.0. The molecule has 0 saturated heterocycles. The van der Waals surface area contributed by atoms with Crippen LogP contribution in [0.2, 0.25) is 0 Å². The van der Waals surface area contributed by atoms with Crippen molar-refractivity contribution in [2.75, 3.05) is 0 Å². The lowest BCUT2D eigenvalue weighted by Gasteiger charge is -2.12. The van der Waals surface area contributed by atoms with E-state index in [2.05, 4.69) is 11.3 Å². The third kappa shape index (κ3) is 3.99. The van der Waals surface area contributed by atoms with Crippen LogP contribution in [0, 0.1) is 11.3 Å². The Morgan fingerprint density at radius 3 is 2.56 bits per heavy atom. The minimum Gasteiger partial charge on any atom is -0.208 e. The van der Waals surface area contributed by atoms with Crippen molar-refractivity contribution in [3.63, 3.8) is 0 Å². The fourth-order valence-corrected chi connectivity index (χ4v) is 2.77. The molecule has 1 N–H and O–H groups in total. The average Bonchev–Trinajstić information content (AvgIpc) is 2.29. The summed E-state index contributed by atoms with van der Waals surface area (Å²) in [6.07, 6.45) is 2.52. The smallest absolute Gasteiger partial charge is 0.208 e. The molecule has 0 saturated carbocycles. The highest BCUT2D eigenvalue weighted by molar-refractivity contribution is 7.89. The predicted molar refractivity (Wildman–Crippen MR) is 70.4 cm³/mol. The van der Waals surface area contributed by atoms with Crippen LogP contribution in [0.3, 0.4) is 0 Å². The van der Waals surface area contributed by atoms with E-state index >= 15 is 0 Å². The molecular formula is C13H16N2O2S. The molecule has 1 aromatic carbocycles. The molecule has 0 spiro atoms. The second-order valence-corrected chi connectivity index (χ2v) is 5.74. The van der Waals surface area contributed by atoms with Gasteiger partial charge in [0.15, 0.2) is 0 Å². The summed E-state index contributed by atoms with van der Waals surface area (Å²) in [5.41, 5.74) is 0.801. The molecule has 1 atom stereocenters. The first-order chi connectivity index (χ1) is 8.49. The summed E-state index contributed by atoms with van der Waals surface area (Å²) in [5.74, 6) is 0. The Bertz CT molecular complexity index is 541. The van der Waals surface area contributed by atoms with Gasteiger partial charge in [-0.3, -0.25) is 0 Å². The van der Waals surface area contributed by atoms with Crippen molar-refractivity contribution in [1.82, 2.24) is 4.72 Å². The van der Waals surface area contributed by atoms with Crippen molar-refractivity contribution in [3.05, 3.63) is 42.5 Å². The van der Waals surface area contributed by atoms with Crippen LogP contribution in [-0.4, -0.2) is 14.5 Å². The second kappa shape index (κ2) is 6.34. The summed E-state index contributed by atoms with van der Waals surface area (Å²) in [5, 5.41) is 8.54. The van der Waals surface area contributed by atoms with Gasteiger partial charge in [-0.2, -0.15) is 5.26 Å². The van der Waals surface area contributed by atoms with Crippen LogP contribution >= 0.6 is 0 Å². The first-order valence-electron chi connectivity index (χ1n) is 5.58. The largest absolute Gasteiger partial charge is 0.240 e. The van der Waals surface area contributed by atoms with Gasteiger partial charge in [0.2, 0.25) is 10.0 Å². The van der Waals surface area contributed by atoms with Gasteiger partial charge in [-0.05, 0) is 31.0 Å². The number of hydrogen-bond acceptors (Lipinski definition) is 3. The third-order valence-corrected chi connectivity index (χ3v) is 4.00. The Hall–Kier alpha value is -1.64. The Kier molecular flexibility index (Phi) is 5.08. The first kappa shape index (κ1) is 14.4. The summed E-state index contributed by atoms with van der Waals surface area (Å²) < 4.78 is 26.5. The molecular weight excluding hydrogens is 248 g/mol. The lowest BCUT2D eigenvalue weighted by atomic mass is 10.2. The molecule has 0 aliphatic carbocycles. The van der Waals surface area contributed by atoms with E-state index in [-0.39, 0.29) is 17.4 Å². The zero-order chi connectivity index (χ0) is 13.6. The summed E-state index contributed by atoms with van der Waals surface area (Å²) >= 11 is 0. The van der Waals surface area contributed by atoms with Crippen LogP contribution in [0.15, 0.2) is 41.8 Å². The normalized spacial score (nSPS) is 12.7. The number of hydrogen-bond donors (Lipinski definition) is 1. The van der Waals surface area contributed by atoms with Gasteiger partial charge in [0.1, 0.15) is 0 Å². The number of rotatable bonds is 6. The summed E-state index contributed by atoms with van der Waals surface area (Å²) in [7, 11) is -3.49. The van der Waals surface area contributed by atoms with E-state index in [1.807, 2.05) is 6.07 Å². The Morgan fingerprint density at radius 1 is 1.44 bits per heavy atom. The molecule has 0 heterocycles. The molecule has 1 unspecified atom stereocenters. The maximum absolute atomic E-state index is 12.0. The van der Waals surface area contributed by atoms with E-state index in [1.165, 1.54) is 12.1 Å². The van der Waals surface area contributed by atoms with Gasteiger partial charge in [0.05, 0.1) is 17.4 Å². The van der Waals surface area contributed by atoms with Gasteiger partial charge in [-0.1, -0.05) is 18.2 Å². The van der Waals surface area contributed by atoms with Crippen molar-refractivity contribution in [1.29, 1.82) is 5.26 Å². The third-order valence-electron chi connectivity index (χ3n) is 2.39. The van der Waals surface area contributed by atoms with E-state index in [0.717, 1.165) is 5.56 Å². The quantitative estimate of drug-likeness (QED) is 0.799. The molecule has 0 aromatic heterocycles. The molecule has 1 rings (SSSR count). The SMILES string of the molecule is C=CCC(C)NS(=O)(=O)c1ccc(CC#N)cc1. The Labute approximate surface area is 108 Å². The molecule has 0 aliphatic rings. The standard InChI is InChI=1S/C13H16N2O2S/c1-3-4-11(2)15-18(16,17)13-7-5-12(6-8-13)9-10-14/h3,5-8,11,15H,1,4,9H2,2H3. The molecule has 5 heteroatoms. The van der Waals surface area contributed by atoms with Crippen molar-refractivity contribution >= 4 is 10.0 Å². The molecule has 0 bridgehead atoms. The summed E-state index contributed by atoms with van der Waals surface area (Å²) in [6.45, 7) is 5.35. The molecule has 1 aromatic rings. The molecule has 96 valence electrons. The average molecular weight is 264 g/mol. The van der Waals surface area contributed by atoms with E-state index < -0.39 is 10.0 Å². The monoisotopic (exact) mass is 264 g/mol. The second-order valence-electron chi connectivity index (χ2n) is 4.03. The van der Waals surface area contributed by atoms with E-state index in [0.29, 0.717) is 6.42 Å². The Morgan fingerprint density at radius 2 is 2.06 bits per heavy atom. The van der Waals surface area contributed by atoms with E-state index in [9.17, 15) is 8.42 Å². The number of sulfonamides is 1. The van der Waals surface area contributed by atoms with Crippen molar-refractivity contribution < 1.29 is 8.42 Å². The molecule has 18 heavy (non-hydrogen) atoms. The van der Waals surface area contributed by atoms with Gasteiger partial charge in [-0.15, -0.1) is 6.58 Å². The molecule has 0 fully saturated rings. The van der Waals surface area contributed by atoms with E-state index in [1.54, 1.807) is 25.1 Å². The van der Waals surface area contributed by atoms with Gasteiger partial charge in [-0.25, -0.2) is 13.1 Å². The zero-order valence-corrected chi connectivity index (χ0v) is 11.1. The van der Waals surface area contributed by atoms with Crippen LogP contribution in [0.1, 0.15) is 18.9 Å². The number of benzene rings is 1. The predicted octanol–water partition coefficient (Wildman–Crippen LogP) is 2.00. The molecule has 0 aliphatic heterocycles. The zero-order valence-electron chi connectivity index (χ0n) is 10.3.